The van der Waals surface area contributed by atoms with Crippen LogP contribution in [0.25, 0.3) is 16.7 Å². The minimum Gasteiger partial charge on any atom is -0.178 e. The van der Waals surface area contributed by atoms with E-state index in [-0.39, 0.29) is 0 Å². The van der Waals surface area contributed by atoms with E-state index < -0.39 is 0 Å². The highest BCUT2D eigenvalue weighted by Crippen LogP contribution is 2.17. The number of hydrogen-bond donors (Lipinski definition) is 0. The van der Waals surface area contributed by atoms with Gasteiger partial charge >= 0.3 is 10.9 Å². The molecule has 0 fully saturated rings. The van der Waals surface area contributed by atoms with Crippen molar-refractivity contribution in [3.8, 4) is 0 Å². The maximum atomic E-state index is 4.62. The maximum Gasteiger partial charge on any atom is 0.387 e. The normalized spacial score (nSPS) is 11.5. The largest absolute Gasteiger partial charge is 0.387 e. The Kier molecular flexibility index (Phi) is 2.29. The molecule has 1 aromatic carbocycles. The predicted octanol–water partition coefficient (Wildman–Crippen LogP) is 1.74. The fraction of sp³-hybridized carbons (Fsp3) is 0.250. The molecule has 0 atom stereocenters. The number of fused-ring (bicyclic) bond motifs is 3. The third-order valence-electron chi connectivity index (χ3n) is 2.90. The zero-order valence-corrected chi connectivity index (χ0v) is 10.8. The van der Waals surface area contributed by atoms with Crippen molar-refractivity contribution in [2.75, 3.05) is 6.26 Å². The van der Waals surface area contributed by atoms with E-state index in [1.807, 2.05) is 37.0 Å². The molecule has 4 nitrogen and oxygen atoms in total. The molecule has 0 aliphatic carbocycles. The van der Waals surface area contributed by atoms with Gasteiger partial charge in [0.2, 0.25) is 0 Å². The third-order valence-corrected chi connectivity index (χ3v) is 3.53. The van der Waals surface area contributed by atoms with Gasteiger partial charge in [-0.1, -0.05) is 23.9 Å². The lowest BCUT2D eigenvalue weighted by Gasteiger charge is -1.99. The molecule has 0 saturated heterocycles. The molecule has 0 radical (unpaired) electrons. The number of benzene rings is 1. The fourth-order valence-electron chi connectivity index (χ4n) is 2.10. The van der Waals surface area contributed by atoms with Gasteiger partial charge in [-0.05, 0) is 25.3 Å². The van der Waals surface area contributed by atoms with Gasteiger partial charge in [0.05, 0.1) is 7.05 Å². The van der Waals surface area contributed by atoms with Crippen LogP contribution >= 0.6 is 11.8 Å². The van der Waals surface area contributed by atoms with E-state index in [2.05, 4.69) is 26.6 Å². The second-order valence-corrected chi connectivity index (χ2v) is 4.73. The minimum atomic E-state index is 0.880. The molecule has 0 bridgehead atoms. The summed E-state index contributed by atoms with van der Waals surface area (Å²) in [4.78, 5) is 4.62. The van der Waals surface area contributed by atoms with Crippen LogP contribution in [0.15, 0.2) is 29.4 Å². The smallest absolute Gasteiger partial charge is 0.178 e. The number of hydrogen-bond acceptors (Lipinski definition) is 3. The average molecular weight is 245 g/mol. The van der Waals surface area contributed by atoms with E-state index in [1.165, 1.54) is 5.39 Å². The molecule has 86 valence electrons. The van der Waals surface area contributed by atoms with Crippen molar-refractivity contribution in [2.45, 2.75) is 12.1 Å². The van der Waals surface area contributed by atoms with E-state index in [0.717, 1.165) is 22.1 Å². The summed E-state index contributed by atoms with van der Waals surface area (Å²) in [5, 5.41) is 6.62. The van der Waals surface area contributed by atoms with Crippen LogP contribution in [0.3, 0.4) is 0 Å². The third kappa shape index (κ3) is 1.42. The van der Waals surface area contributed by atoms with E-state index in [1.54, 1.807) is 11.8 Å². The molecule has 0 N–H and O–H groups in total. The van der Waals surface area contributed by atoms with Crippen molar-refractivity contribution < 1.29 is 4.40 Å². The Bertz CT molecular complexity index is 717. The molecule has 2 aromatic heterocycles. The average Bonchev–Trinajstić information content (AvgIpc) is 2.67. The highest BCUT2D eigenvalue weighted by molar-refractivity contribution is 7.98. The molecule has 0 unspecified atom stereocenters. The molecule has 3 rings (SSSR count). The van der Waals surface area contributed by atoms with Crippen LogP contribution in [0.4, 0.5) is 0 Å². The van der Waals surface area contributed by atoms with Gasteiger partial charge in [0.25, 0.3) is 0 Å². The van der Waals surface area contributed by atoms with Gasteiger partial charge in [0.1, 0.15) is 11.2 Å². The second-order valence-electron chi connectivity index (χ2n) is 3.96. The van der Waals surface area contributed by atoms with Gasteiger partial charge in [0, 0.05) is 10.5 Å². The molecule has 3 aromatic rings. The van der Waals surface area contributed by atoms with Gasteiger partial charge in [-0.15, -0.1) is 9.67 Å². The van der Waals surface area contributed by atoms with E-state index in [0.29, 0.717) is 0 Å². The highest BCUT2D eigenvalue weighted by Gasteiger charge is 2.20. The van der Waals surface area contributed by atoms with Crippen molar-refractivity contribution in [2.24, 2.45) is 7.05 Å². The summed E-state index contributed by atoms with van der Waals surface area (Å²) in [6.45, 7) is 2.04. The van der Waals surface area contributed by atoms with Gasteiger partial charge in [-0.25, -0.2) is 0 Å². The quantitative estimate of drug-likeness (QED) is 0.484. The summed E-state index contributed by atoms with van der Waals surface area (Å²) in [6, 6.07) is 8.30. The first-order valence-corrected chi connectivity index (χ1v) is 6.63. The number of thioether (sulfide) groups is 1. The molecule has 17 heavy (non-hydrogen) atoms. The highest BCUT2D eigenvalue weighted by atomic mass is 32.2. The SMILES string of the molecule is CSc1nn(C)c2nc(C)c3ccccc3[n+]12. The lowest BCUT2D eigenvalue weighted by Crippen LogP contribution is -2.25. The van der Waals surface area contributed by atoms with Crippen LogP contribution in [0.1, 0.15) is 5.69 Å². The van der Waals surface area contributed by atoms with Crippen molar-refractivity contribution in [3.63, 3.8) is 0 Å². The van der Waals surface area contributed by atoms with Gasteiger partial charge in [0.15, 0.2) is 0 Å². The van der Waals surface area contributed by atoms with E-state index >= 15 is 0 Å². The number of nitrogens with zero attached hydrogens (tertiary/aromatic N) is 4. The van der Waals surface area contributed by atoms with Crippen molar-refractivity contribution in [1.82, 2.24) is 14.8 Å². The molecule has 0 aliphatic rings. The molecule has 0 aliphatic heterocycles. The summed E-state index contributed by atoms with van der Waals surface area (Å²) < 4.78 is 3.93. The lowest BCUT2D eigenvalue weighted by atomic mass is 10.2. The van der Waals surface area contributed by atoms with Gasteiger partial charge < -0.3 is 0 Å². The van der Waals surface area contributed by atoms with Crippen LogP contribution < -0.4 is 4.40 Å². The zero-order valence-electron chi connectivity index (χ0n) is 10.0. The molecular weight excluding hydrogens is 232 g/mol. The molecule has 5 heteroatoms. The second kappa shape index (κ2) is 3.70. The van der Waals surface area contributed by atoms with Crippen molar-refractivity contribution in [1.29, 1.82) is 0 Å². The van der Waals surface area contributed by atoms with E-state index in [9.17, 15) is 0 Å². The van der Waals surface area contributed by atoms with Gasteiger partial charge in [-0.2, -0.15) is 4.40 Å². The Morgan fingerprint density at radius 1 is 1.29 bits per heavy atom. The first-order chi connectivity index (χ1) is 8.22. The number of para-hydroxylation sites is 1. The summed E-state index contributed by atoms with van der Waals surface area (Å²) in [5.74, 6) is 0.880. The predicted molar refractivity (Wildman–Crippen MR) is 68.2 cm³/mol. The molecular formula is C12H13N4S+. The van der Waals surface area contributed by atoms with Crippen molar-refractivity contribution in [3.05, 3.63) is 30.0 Å². The summed E-state index contributed by atoms with van der Waals surface area (Å²) in [5.41, 5.74) is 2.20. The van der Waals surface area contributed by atoms with Gasteiger partial charge in [-0.3, -0.25) is 0 Å². The molecule has 0 spiro atoms. The van der Waals surface area contributed by atoms with Crippen LogP contribution in [-0.2, 0) is 7.05 Å². The lowest BCUT2D eigenvalue weighted by molar-refractivity contribution is -0.530. The standard InChI is InChI=1S/C12H13N4S/c1-8-9-6-4-5-7-10(9)16-11(13-8)15(2)14-12(16)17-3/h4-7H,1-3H3/q+1. The number of aryl methyl sites for hydroxylation is 2. The number of rotatable bonds is 1. The van der Waals surface area contributed by atoms with Crippen molar-refractivity contribution >= 4 is 28.4 Å². The Hall–Kier alpha value is -1.62. The Labute approximate surface area is 103 Å². The molecule has 0 saturated carbocycles. The van der Waals surface area contributed by atoms with Crippen LogP contribution in [0.2, 0.25) is 0 Å². The molecule has 0 amide bonds. The summed E-state index contributed by atoms with van der Waals surface area (Å²) >= 11 is 1.63. The van der Waals surface area contributed by atoms with Crippen LogP contribution in [0.5, 0.6) is 0 Å². The molecule has 2 heterocycles. The van der Waals surface area contributed by atoms with Crippen LogP contribution in [0, 0.1) is 6.92 Å². The Morgan fingerprint density at radius 3 is 2.82 bits per heavy atom. The summed E-state index contributed by atoms with van der Waals surface area (Å²) in [6.07, 6.45) is 2.03. The monoisotopic (exact) mass is 245 g/mol. The first-order valence-electron chi connectivity index (χ1n) is 5.40. The minimum absolute atomic E-state index is 0.880. The topological polar surface area (TPSA) is 34.8 Å². The Morgan fingerprint density at radius 2 is 2.06 bits per heavy atom. The zero-order chi connectivity index (χ0) is 12.0. The Balaban J connectivity index is 2.61. The first kappa shape index (κ1) is 10.5. The van der Waals surface area contributed by atoms with Crippen LogP contribution in [-0.4, -0.2) is 21.0 Å². The fourth-order valence-corrected chi connectivity index (χ4v) is 2.66. The maximum absolute atomic E-state index is 4.62. The summed E-state index contributed by atoms with van der Waals surface area (Å²) in [7, 11) is 1.93. The van der Waals surface area contributed by atoms with E-state index in [4.69, 9.17) is 0 Å². The number of aromatic nitrogens is 4.